The molecule has 4 aromatic rings. The van der Waals surface area contributed by atoms with Crippen LogP contribution in [0.2, 0.25) is 0 Å². The van der Waals surface area contributed by atoms with Crippen molar-refractivity contribution in [2.45, 2.75) is 0 Å². The van der Waals surface area contributed by atoms with Gasteiger partial charge in [0.05, 0.1) is 11.3 Å². The molecule has 7 heteroatoms. The molecule has 2 N–H and O–H groups in total. The summed E-state index contributed by atoms with van der Waals surface area (Å²) in [6, 6.07) is 17.6. The van der Waals surface area contributed by atoms with Gasteiger partial charge < -0.3 is 24.5 Å². The van der Waals surface area contributed by atoms with Crippen LogP contribution in [-0.2, 0) is 0 Å². The van der Waals surface area contributed by atoms with Gasteiger partial charge in [-0.25, -0.2) is 9.18 Å². The summed E-state index contributed by atoms with van der Waals surface area (Å²) in [5.41, 5.74) is 1.67. The van der Waals surface area contributed by atoms with Crippen molar-refractivity contribution in [1.29, 1.82) is 0 Å². The molecule has 0 aliphatic heterocycles. The Morgan fingerprint density at radius 2 is 1.75 bits per heavy atom. The van der Waals surface area contributed by atoms with Gasteiger partial charge >= 0.3 is 5.63 Å². The minimum atomic E-state index is -0.596. The zero-order valence-corrected chi connectivity index (χ0v) is 17.8. The van der Waals surface area contributed by atoms with Crippen molar-refractivity contribution in [2.75, 3.05) is 32.6 Å². The van der Waals surface area contributed by atoms with Gasteiger partial charge in [-0.2, -0.15) is 0 Å². The van der Waals surface area contributed by atoms with E-state index in [1.54, 1.807) is 6.07 Å². The molecule has 0 radical (unpaired) electrons. The van der Waals surface area contributed by atoms with Crippen LogP contribution in [-0.4, -0.2) is 37.3 Å². The molecule has 0 fully saturated rings. The van der Waals surface area contributed by atoms with E-state index in [-0.39, 0.29) is 16.9 Å². The van der Waals surface area contributed by atoms with Crippen molar-refractivity contribution in [3.8, 4) is 22.6 Å². The lowest BCUT2D eigenvalue weighted by molar-refractivity contribution is 0.261. The van der Waals surface area contributed by atoms with Gasteiger partial charge in [-0.05, 0) is 68.2 Å². The van der Waals surface area contributed by atoms with E-state index in [1.807, 2.05) is 43.3 Å². The quantitative estimate of drug-likeness (QED) is 0.399. The molecule has 0 bridgehead atoms. The molecule has 0 spiro atoms. The predicted molar refractivity (Wildman–Crippen MR) is 123 cm³/mol. The molecule has 32 heavy (non-hydrogen) atoms. The van der Waals surface area contributed by atoms with Crippen molar-refractivity contribution in [3.63, 3.8) is 0 Å². The Morgan fingerprint density at radius 1 is 1.03 bits per heavy atom. The smallest absolute Gasteiger partial charge is 0.346 e. The topological polar surface area (TPSA) is 74.9 Å². The summed E-state index contributed by atoms with van der Waals surface area (Å²) in [5, 5.41) is 13.7. The van der Waals surface area contributed by atoms with Crippen LogP contribution >= 0.6 is 0 Å². The van der Waals surface area contributed by atoms with Crippen molar-refractivity contribution in [2.24, 2.45) is 0 Å². The van der Waals surface area contributed by atoms with Gasteiger partial charge in [0.25, 0.3) is 0 Å². The highest BCUT2D eigenvalue weighted by atomic mass is 19.1. The number of benzene rings is 3. The maximum Gasteiger partial charge on any atom is 0.346 e. The van der Waals surface area contributed by atoms with Crippen LogP contribution in [0.5, 0.6) is 11.5 Å². The molecule has 1 heterocycles. The zero-order valence-electron chi connectivity index (χ0n) is 17.8. The molecule has 0 aliphatic rings. The third-order valence-corrected chi connectivity index (χ3v) is 4.96. The van der Waals surface area contributed by atoms with Gasteiger partial charge in [0.2, 0.25) is 0 Å². The summed E-state index contributed by atoms with van der Waals surface area (Å²) >= 11 is 0. The second kappa shape index (κ2) is 9.11. The van der Waals surface area contributed by atoms with E-state index in [2.05, 4.69) is 5.32 Å². The van der Waals surface area contributed by atoms with E-state index in [0.29, 0.717) is 23.2 Å². The van der Waals surface area contributed by atoms with Crippen LogP contribution in [0.25, 0.3) is 22.1 Å². The Morgan fingerprint density at radius 3 is 2.44 bits per heavy atom. The largest absolute Gasteiger partial charge is 0.508 e. The fourth-order valence-electron chi connectivity index (χ4n) is 3.32. The van der Waals surface area contributed by atoms with E-state index >= 15 is 0 Å². The lowest BCUT2D eigenvalue weighted by atomic mass is 10.0. The van der Waals surface area contributed by atoms with Crippen LogP contribution in [0, 0.1) is 5.82 Å². The lowest BCUT2D eigenvalue weighted by Gasteiger charge is -2.15. The van der Waals surface area contributed by atoms with Crippen molar-refractivity contribution >= 4 is 22.3 Å². The van der Waals surface area contributed by atoms with Crippen LogP contribution in [0.15, 0.2) is 75.9 Å². The Balaban J connectivity index is 1.74. The molecule has 0 saturated heterocycles. The molecular formula is C25H23FN2O4. The maximum atomic E-state index is 13.5. The normalized spacial score (nSPS) is 11.1. The summed E-state index contributed by atoms with van der Waals surface area (Å²) in [7, 11) is 3.96. The van der Waals surface area contributed by atoms with E-state index in [4.69, 9.17) is 9.15 Å². The van der Waals surface area contributed by atoms with Gasteiger partial charge in [0, 0.05) is 23.7 Å². The number of halogens is 1. The molecule has 0 saturated carbocycles. The average Bonchev–Trinajstić information content (AvgIpc) is 2.75. The van der Waals surface area contributed by atoms with E-state index in [1.165, 1.54) is 36.4 Å². The van der Waals surface area contributed by atoms with E-state index < -0.39 is 11.4 Å². The first-order valence-corrected chi connectivity index (χ1v) is 10.1. The third-order valence-electron chi connectivity index (χ3n) is 4.96. The molecular weight excluding hydrogens is 411 g/mol. The molecule has 4 rings (SSSR count). The molecule has 0 unspecified atom stereocenters. The number of rotatable bonds is 7. The highest BCUT2D eigenvalue weighted by molar-refractivity contribution is 6.00. The monoisotopic (exact) mass is 434 g/mol. The van der Waals surface area contributed by atoms with Crippen LogP contribution in [0.4, 0.5) is 15.8 Å². The molecule has 0 amide bonds. The van der Waals surface area contributed by atoms with Crippen molar-refractivity contribution in [3.05, 3.63) is 83.0 Å². The fourth-order valence-corrected chi connectivity index (χ4v) is 3.32. The Bertz CT molecular complexity index is 1280. The van der Waals surface area contributed by atoms with E-state index in [0.717, 1.165) is 18.0 Å². The van der Waals surface area contributed by atoms with Gasteiger partial charge in [-0.15, -0.1) is 0 Å². The summed E-state index contributed by atoms with van der Waals surface area (Å²) in [5.74, 6) is 0.321. The lowest BCUT2D eigenvalue weighted by Crippen LogP contribution is -2.19. The number of anilines is 2. The predicted octanol–water partition coefficient (Wildman–Crippen LogP) is 4.99. The minimum absolute atomic E-state index is 0.0136. The first-order valence-electron chi connectivity index (χ1n) is 10.1. The average molecular weight is 434 g/mol. The first kappa shape index (κ1) is 21.4. The summed E-state index contributed by atoms with van der Waals surface area (Å²) in [6.07, 6.45) is 0. The maximum absolute atomic E-state index is 13.5. The van der Waals surface area contributed by atoms with Gasteiger partial charge in [0.1, 0.15) is 29.5 Å². The highest BCUT2D eigenvalue weighted by Gasteiger charge is 2.17. The standard InChI is InChI=1S/C25H23FN2O4/c1-28(2)13-14-31-20-10-7-18(8-11-20)27-24-21-12-9-19(29)15-22(21)32-25(30)23(24)16-3-5-17(26)6-4-16/h3-12,15,27,29H,13-14H2,1-2H3. The van der Waals surface area contributed by atoms with Crippen molar-refractivity contribution < 1.29 is 18.7 Å². The number of likely N-dealkylation sites (N-methyl/N-ethyl adjacent to an activating group) is 1. The number of hydrogen-bond donors (Lipinski definition) is 2. The molecule has 1 aromatic heterocycles. The Kier molecular flexibility index (Phi) is 6.09. The summed E-state index contributed by atoms with van der Waals surface area (Å²) < 4.78 is 24.6. The van der Waals surface area contributed by atoms with Gasteiger partial charge in [0.15, 0.2) is 0 Å². The molecule has 164 valence electrons. The van der Waals surface area contributed by atoms with Gasteiger partial charge in [-0.3, -0.25) is 0 Å². The fraction of sp³-hybridized carbons (Fsp3) is 0.160. The second-order valence-corrected chi connectivity index (χ2v) is 7.63. The van der Waals surface area contributed by atoms with Crippen LogP contribution < -0.4 is 15.7 Å². The first-order chi connectivity index (χ1) is 15.4. The van der Waals surface area contributed by atoms with Crippen LogP contribution in [0.1, 0.15) is 0 Å². The molecule has 6 nitrogen and oxygen atoms in total. The zero-order chi connectivity index (χ0) is 22.7. The number of fused-ring (bicyclic) bond motifs is 1. The minimum Gasteiger partial charge on any atom is -0.508 e. The second-order valence-electron chi connectivity index (χ2n) is 7.63. The van der Waals surface area contributed by atoms with Gasteiger partial charge in [-0.1, -0.05) is 12.1 Å². The highest BCUT2D eigenvalue weighted by Crippen LogP contribution is 2.35. The Labute approximate surface area is 184 Å². The molecule has 0 atom stereocenters. The molecule has 0 aliphatic carbocycles. The number of aromatic hydroxyl groups is 1. The Hall–Kier alpha value is -3.84. The number of phenolic OH excluding ortho intramolecular Hbond substituents is 1. The summed E-state index contributed by atoms with van der Waals surface area (Å²) in [4.78, 5) is 14.9. The number of nitrogens with one attached hydrogen (secondary N) is 1. The number of phenols is 1. The third kappa shape index (κ3) is 4.73. The summed E-state index contributed by atoms with van der Waals surface area (Å²) in [6.45, 7) is 1.38. The van der Waals surface area contributed by atoms with Crippen LogP contribution in [0.3, 0.4) is 0 Å². The SMILES string of the molecule is CN(C)CCOc1ccc(Nc2c(-c3ccc(F)cc3)c(=O)oc3cc(O)ccc23)cc1. The van der Waals surface area contributed by atoms with E-state index in [9.17, 15) is 14.3 Å². The number of ether oxygens (including phenoxy) is 1. The molecule has 3 aromatic carbocycles. The number of hydrogen-bond acceptors (Lipinski definition) is 6. The van der Waals surface area contributed by atoms with Crippen molar-refractivity contribution in [1.82, 2.24) is 4.90 Å². The number of nitrogens with zero attached hydrogens (tertiary/aromatic N) is 1.